The van der Waals surface area contributed by atoms with Gasteiger partial charge in [0.1, 0.15) is 0 Å². The van der Waals surface area contributed by atoms with Crippen LogP contribution in [0.15, 0.2) is 36.6 Å². The molecule has 1 unspecified atom stereocenters. The Balaban J connectivity index is 2.52. The Bertz CT molecular complexity index is 440. The first kappa shape index (κ1) is 16.2. The van der Waals surface area contributed by atoms with E-state index in [4.69, 9.17) is 0 Å². The van der Waals surface area contributed by atoms with Gasteiger partial charge in [-0.05, 0) is 25.1 Å². The van der Waals surface area contributed by atoms with Crippen LogP contribution in [0.4, 0.5) is 0 Å². The van der Waals surface area contributed by atoms with Gasteiger partial charge < -0.3 is 10.2 Å². The lowest BCUT2D eigenvalue weighted by Gasteiger charge is -2.22. The molecule has 1 aliphatic rings. The number of likely N-dealkylation sites (N-methyl/N-ethyl adjacent to an activating group) is 2. The smallest absolute Gasteiger partial charge is 0.234 e. The fraction of sp³-hybridized carbons (Fsp3) is 0.467. The number of hydrogen-bond acceptors (Lipinski definition) is 4. The van der Waals surface area contributed by atoms with Crippen molar-refractivity contribution < 1.29 is 9.59 Å². The van der Waals surface area contributed by atoms with Crippen molar-refractivity contribution in [2.75, 3.05) is 27.2 Å². The van der Waals surface area contributed by atoms with Gasteiger partial charge in [0.15, 0.2) is 0 Å². The van der Waals surface area contributed by atoms with Crippen molar-refractivity contribution in [3.05, 3.63) is 36.6 Å². The Kier molecular flexibility index (Phi) is 6.18. The summed E-state index contributed by atoms with van der Waals surface area (Å²) in [5.41, 5.74) is 1.56. The van der Waals surface area contributed by atoms with Crippen molar-refractivity contribution in [3.8, 4) is 0 Å². The normalized spacial score (nSPS) is 19.0. The molecule has 2 amide bonds. The van der Waals surface area contributed by atoms with Crippen LogP contribution < -0.4 is 10.6 Å². The zero-order chi connectivity index (χ0) is 15.1. The average molecular weight is 277 g/mol. The van der Waals surface area contributed by atoms with E-state index in [1.807, 2.05) is 25.1 Å². The number of hydrogen-bond donors (Lipinski definition) is 2. The third kappa shape index (κ3) is 4.66. The standard InChI is InChI=1S/C15H23N3O2/c1-11(13-7-8-14(19)17-15(13)20)5-6-12(2)18(4)10-9-16-3/h5-6,13,16H,1-2,7-10H2,3-4H3,(H,17,19,20)/b6-5-. The van der Waals surface area contributed by atoms with Gasteiger partial charge in [-0.3, -0.25) is 14.9 Å². The molecule has 1 saturated heterocycles. The van der Waals surface area contributed by atoms with Gasteiger partial charge in [-0.1, -0.05) is 19.2 Å². The van der Waals surface area contributed by atoms with Crippen molar-refractivity contribution >= 4 is 11.8 Å². The van der Waals surface area contributed by atoms with Crippen LogP contribution in [0.1, 0.15) is 12.8 Å². The number of nitrogens with zero attached hydrogens (tertiary/aromatic N) is 1. The van der Waals surface area contributed by atoms with E-state index in [0.29, 0.717) is 18.4 Å². The molecule has 2 N–H and O–H groups in total. The molecule has 1 aliphatic heterocycles. The zero-order valence-corrected chi connectivity index (χ0v) is 12.2. The number of allylic oxidation sites excluding steroid dienone is 2. The summed E-state index contributed by atoms with van der Waals surface area (Å²) >= 11 is 0. The minimum Gasteiger partial charge on any atom is -0.374 e. The molecule has 0 aromatic carbocycles. The molecule has 5 heteroatoms. The van der Waals surface area contributed by atoms with Gasteiger partial charge in [-0.2, -0.15) is 0 Å². The maximum atomic E-state index is 11.7. The minimum atomic E-state index is -0.320. The number of imide groups is 1. The van der Waals surface area contributed by atoms with E-state index in [9.17, 15) is 9.59 Å². The van der Waals surface area contributed by atoms with E-state index in [1.54, 1.807) is 6.08 Å². The SMILES string of the molecule is C=C(/C=C\C(=C)N(C)CCNC)C1CCC(=O)NC1=O. The number of nitrogens with one attached hydrogen (secondary N) is 2. The minimum absolute atomic E-state index is 0.209. The van der Waals surface area contributed by atoms with E-state index in [0.717, 1.165) is 18.8 Å². The first-order valence-electron chi connectivity index (χ1n) is 6.71. The van der Waals surface area contributed by atoms with Crippen LogP contribution in [0.5, 0.6) is 0 Å². The Morgan fingerprint density at radius 2 is 2.15 bits per heavy atom. The van der Waals surface area contributed by atoms with Crippen molar-refractivity contribution in [2.45, 2.75) is 12.8 Å². The highest BCUT2D eigenvalue weighted by Gasteiger charge is 2.27. The van der Waals surface area contributed by atoms with Crippen molar-refractivity contribution in [3.63, 3.8) is 0 Å². The summed E-state index contributed by atoms with van der Waals surface area (Å²) in [6.07, 6.45) is 4.54. The molecular weight excluding hydrogens is 254 g/mol. The highest BCUT2D eigenvalue weighted by Crippen LogP contribution is 2.21. The fourth-order valence-corrected chi connectivity index (χ4v) is 1.92. The summed E-state index contributed by atoms with van der Waals surface area (Å²) in [7, 11) is 3.86. The monoisotopic (exact) mass is 277 g/mol. The van der Waals surface area contributed by atoms with Crippen LogP contribution in [0.2, 0.25) is 0 Å². The van der Waals surface area contributed by atoms with E-state index in [-0.39, 0.29) is 17.7 Å². The summed E-state index contributed by atoms with van der Waals surface area (Å²) in [4.78, 5) is 24.8. The molecule has 1 atom stereocenters. The van der Waals surface area contributed by atoms with E-state index < -0.39 is 0 Å². The first-order valence-corrected chi connectivity index (χ1v) is 6.71. The lowest BCUT2D eigenvalue weighted by molar-refractivity contribution is -0.135. The van der Waals surface area contributed by atoms with Crippen LogP contribution in [0.25, 0.3) is 0 Å². The lowest BCUT2D eigenvalue weighted by Crippen LogP contribution is -2.41. The first-order chi connectivity index (χ1) is 9.45. The van der Waals surface area contributed by atoms with Gasteiger partial charge in [-0.25, -0.2) is 0 Å². The molecule has 0 saturated carbocycles. The molecule has 0 spiro atoms. The van der Waals surface area contributed by atoms with Crippen LogP contribution >= 0.6 is 0 Å². The molecule has 1 rings (SSSR count). The Labute approximate surface area is 120 Å². The number of rotatable bonds is 7. The zero-order valence-electron chi connectivity index (χ0n) is 12.2. The molecular formula is C15H23N3O2. The van der Waals surface area contributed by atoms with Gasteiger partial charge >= 0.3 is 0 Å². The second-order valence-corrected chi connectivity index (χ2v) is 4.93. The third-order valence-electron chi connectivity index (χ3n) is 3.36. The van der Waals surface area contributed by atoms with E-state index >= 15 is 0 Å². The summed E-state index contributed by atoms with van der Waals surface area (Å²) < 4.78 is 0. The Morgan fingerprint density at radius 1 is 1.45 bits per heavy atom. The molecule has 1 fully saturated rings. The van der Waals surface area contributed by atoms with Crippen molar-refractivity contribution in [2.24, 2.45) is 5.92 Å². The summed E-state index contributed by atoms with van der Waals surface area (Å²) in [6, 6.07) is 0. The second kappa shape index (κ2) is 7.65. The highest BCUT2D eigenvalue weighted by atomic mass is 16.2. The van der Waals surface area contributed by atoms with Crippen LogP contribution in [0.3, 0.4) is 0 Å². The molecule has 0 aromatic heterocycles. The van der Waals surface area contributed by atoms with Gasteiger partial charge in [0.25, 0.3) is 0 Å². The molecule has 5 nitrogen and oxygen atoms in total. The van der Waals surface area contributed by atoms with Crippen LogP contribution in [0, 0.1) is 5.92 Å². The predicted molar refractivity (Wildman–Crippen MR) is 79.9 cm³/mol. The second-order valence-electron chi connectivity index (χ2n) is 4.93. The van der Waals surface area contributed by atoms with E-state index in [1.165, 1.54) is 0 Å². The molecule has 110 valence electrons. The fourth-order valence-electron chi connectivity index (χ4n) is 1.92. The van der Waals surface area contributed by atoms with Crippen LogP contribution in [-0.2, 0) is 9.59 Å². The molecule has 1 heterocycles. The predicted octanol–water partition coefficient (Wildman–Crippen LogP) is 0.816. The van der Waals surface area contributed by atoms with Gasteiger partial charge in [0.05, 0.1) is 5.92 Å². The summed E-state index contributed by atoms with van der Waals surface area (Å²) in [5, 5.41) is 5.41. The number of carbonyl (C=O) groups excluding carboxylic acids is 2. The molecule has 20 heavy (non-hydrogen) atoms. The maximum Gasteiger partial charge on any atom is 0.234 e. The molecule has 0 aliphatic carbocycles. The number of carbonyl (C=O) groups is 2. The Morgan fingerprint density at radius 3 is 2.75 bits per heavy atom. The maximum absolute atomic E-state index is 11.7. The topological polar surface area (TPSA) is 61.4 Å². The molecule has 0 aromatic rings. The largest absolute Gasteiger partial charge is 0.374 e. The van der Waals surface area contributed by atoms with Crippen molar-refractivity contribution in [1.29, 1.82) is 0 Å². The van der Waals surface area contributed by atoms with Gasteiger partial charge in [0.2, 0.25) is 11.8 Å². The highest BCUT2D eigenvalue weighted by molar-refractivity contribution is 6.00. The number of amides is 2. The summed E-state index contributed by atoms with van der Waals surface area (Å²) in [5.74, 6) is -0.788. The summed E-state index contributed by atoms with van der Waals surface area (Å²) in [6.45, 7) is 9.61. The quantitative estimate of drug-likeness (QED) is 0.534. The molecule has 0 bridgehead atoms. The average Bonchev–Trinajstić information content (AvgIpc) is 2.41. The molecule has 0 radical (unpaired) electrons. The number of piperidine rings is 1. The van der Waals surface area contributed by atoms with Crippen molar-refractivity contribution in [1.82, 2.24) is 15.5 Å². The van der Waals surface area contributed by atoms with Gasteiger partial charge in [0, 0.05) is 32.3 Å². The lowest BCUT2D eigenvalue weighted by atomic mass is 9.91. The Hall–Kier alpha value is -1.88. The van der Waals surface area contributed by atoms with Crippen LogP contribution in [-0.4, -0.2) is 43.9 Å². The van der Waals surface area contributed by atoms with E-state index in [2.05, 4.69) is 23.8 Å². The van der Waals surface area contributed by atoms with Gasteiger partial charge in [-0.15, -0.1) is 0 Å². The third-order valence-corrected chi connectivity index (χ3v) is 3.36.